The van der Waals surface area contributed by atoms with Gasteiger partial charge in [0.2, 0.25) is 5.91 Å². The van der Waals surface area contributed by atoms with Crippen molar-refractivity contribution in [3.8, 4) is 0 Å². The van der Waals surface area contributed by atoms with Gasteiger partial charge in [0.1, 0.15) is 6.10 Å². The number of hydrogen-bond acceptors (Lipinski definition) is 3. The molecule has 5 heteroatoms. The number of hydrogen-bond donors (Lipinski definition) is 2. The van der Waals surface area contributed by atoms with Crippen LogP contribution in [0, 0.1) is 5.92 Å². The largest absolute Gasteiger partial charge is 0.375 e. The number of nitrogens with one attached hydrogen (secondary N) is 1. The summed E-state index contributed by atoms with van der Waals surface area (Å²) in [6.45, 7) is 5.55. The first-order valence-corrected chi connectivity index (χ1v) is 7.08. The molecule has 3 N–H and O–H groups in total. The zero-order valence-corrected chi connectivity index (χ0v) is 13.1. The third-order valence-electron chi connectivity index (χ3n) is 3.48. The Hall–Kier alpha value is -1.10. The number of methoxy groups -OCH3 is 1. The predicted octanol–water partition coefficient (Wildman–Crippen LogP) is 2.52. The molecule has 0 saturated carbocycles. The minimum absolute atomic E-state index is 0.0662. The minimum Gasteiger partial charge on any atom is -0.375 e. The third-order valence-corrected chi connectivity index (χ3v) is 3.73. The van der Waals surface area contributed by atoms with Crippen molar-refractivity contribution in [1.29, 1.82) is 0 Å². The van der Waals surface area contributed by atoms with Crippen LogP contribution < -0.4 is 11.1 Å². The molecular weight excluding hydrogens is 276 g/mol. The summed E-state index contributed by atoms with van der Waals surface area (Å²) in [4.78, 5) is 12.0. The summed E-state index contributed by atoms with van der Waals surface area (Å²) in [6, 6.07) is 7.07. The van der Waals surface area contributed by atoms with Gasteiger partial charge in [0.25, 0.3) is 0 Å². The van der Waals surface area contributed by atoms with Crippen LogP contribution in [0.25, 0.3) is 0 Å². The number of ether oxygens (including phenoxy) is 1. The highest BCUT2D eigenvalue weighted by Gasteiger charge is 2.24. The Labute approximate surface area is 125 Å². The molecule has 0 heterocycles. The summed E-state index contributed by atoms with van der Waals surface area (Å²) in [5, 5.41) is 3.62. The molecule has 0 aliphatic heterocycles. The Kier molecular flexibility index (Phi) is 6.46. The molecule has 0 bridgehead atoms. The van der Waals surface area contributed by atoms with Crippen LogP contribution in [0.15, 0.2) is 24.3 Å². The normalized spacial score (nSPS) is 17.1. The van der Waals surface area contributed by atoms with E-state index in [2.05, 4.69) is 5.32 Å². The maximum absolute atomic E-state index is 12.0. The maximum Gasteiger partial charge on any atom is 0.224 e. The van der Waals surface area contributed by atoms with Gasteiger partial charge in [-0.25, -0.2) is 0 Å². The number of amides is 1. The quantitative estimate of drug-likeness (QED) is 0.848. The van der Waals surface area contributed by atoms with E-state index in [0.29, 0.717) is 5.02 Å². The van der Waals surface area contributed by atoms with Crippen molar-refractivity contribution in [3.05, 3.63) is 34.9 Å². The van der Waals surface area contributed by atoms with E-state index in [1.54, 1.807) is 7.11 Å². The summed E-state index contributed by atoms with van der Waals surface area (Å²) in [7, 11) is 1.62. The van der Waals surface area contributed by atoms with Crippen LogP contribution in [0.1, 0.15) is 32.4 Å². The second-order valence-electron chi connectivity index (χ2n) is 5.15. The molecule has 1 aromatic carbocycles. The number of nitrogens with two attached hydrogens (primary N) is 1. The smallest absolute Gasteiger partial charge is 0.224 e. The van der Waals surface area contributed by atoms with E-state index in [1.165, 1.54) is 0 Å². The lowest BCUT2D eigenvalue weighted by Gasteiger charge is -2.26. The zero-order valence-electron chi connectivity index (χ0n) is 12.4. The number of halogens is 1. The van der Waals surface area contributed by atoms with Gasteiger partial charge in [0.15, 0.2) is 0 Å². The van der Waals surface area contributed by atoms with Gasteiger partial charge in [-0.15, -0.1) is 0 Å². The molecule has 4 atom stereocenters. The van der Waals surface area contributed by atoms with Crippen molar-refractivity contribution < 1.29 is 9.53 Å². The Balaban J connectivity index is 2.75. The molecule has 4 unspecified atom stereocenters. The number of benzene rings is 1. The average Bonchev–Trinajstić information content (AvgIpc) is 2.40. The topological polar surface area (TPSA) is 64.3 Å². The Bertz CT molecular complexity index is 434. The Morgan fingerprint density at radius 2 is 1.80 bits per heavy atom. The van der Waals surface area contributed by atoms with Crippen molar-refractivity contribution >= 4 is 17.5 Å². The van der Waals surface area contributed by atoms with Crippen LogP contribution in [0.3, 0.4) is 0 Å². The van der Waals surface area contributed by atoms with Crippen LogP contribution in [-0.4, -0.2) is 25.1 Å². The van der Waals surface area contributed by atoms with Gasteiger partial charge in [0, 0.05) is 24.1 Å². The van der Waals surface area contributed by atoms with Crippen molar-refractivity contribution in [2.75, 3.05) is 7.11 Å². The van der Waals surface area contributed by atoms with Crippen molar-refractivity contribution in [2.45, 2.75) is 39.0 Å². The molecule has 1 amide bonds. The van der Waals surface area contributed by atoms with Crippen LogP contribution in [-0.2, 0) is 9.53 Å². The molecule has 112 valence electrons. The fourth-order valence-electron chi connectivity index (χ4n) is 1.95. The first kappa shape index (κ1) is 17.0. The van der Waals surface area contributed by atoms with Gasteiger partial charge in [-0.2, -0.15) is 0 Å². The number of carbonyl (C=O) groups is 1. The average molecular weight is 299 g/mol. The molecule has 0 radical (unpaired) electrons. The standard InChI is InChI=1S/C15H23ClN2O2/c1-9(10(2)17)15(19)18-11(3)14(20-4)12-5-7-13(16)8-6-12/h5-11,14H,17H2,1-4H3,(H,18,19). The first-order valence-electron chi connectivity index (χ1n) is 6.71. The summed E-state index contributed by atoms with van der Waals surface area (Å²) in [5.74, 6) is -0.302. The van der Waals surface area contributed by atoms with Crippen molar-refractivity contribution in [2.24, 2.45) is 11.7 Å². The van der Waals surface area contributed by atoms with Gasteiger partial charge < -0.3 is 15.8 Å². The van der Waals surface area contributed by atoms with E-state index in [9.17, 15) is 4.79 Å². The lowest BCUT2D eigenvalue weighted by Crippen LogP contribution is -2.44. The predicted molar refractivity (Wildman–Crippen MR) is 81.6 cm³/mol. The van der Waals surface area contributed by atoms with Crippen LogP contribution in [0.5, 0.6) is 0 Å². The van der Waals surface area contributed by atoms with E-state index < -0.39 is 0 Å². The van der Waals surface area contributed by atoms with Crippen LogP contribution >= 0.6 is 11.6 Å². The van der Waals surface area contributed by atoms with E-state index >= 15 is 0 Å². The summed E-state index contributed by atoms with van der Waals surface area (Å²) < 4.78 is 5.49. The van der Waals surface area contributed by atoms with Crippen molar-refractivity contribution in [3.63, 3.8) is 0 Å². The van der Waals surface area contributed by atoms with Gasteiger partial charge in [-0.3, -0.25) is 4.79 Å². The SMILES string of the molecule is COC(c1ccc(Cl)cc1)C(C)NC(=O)C(C)C(C)N. The molecule has 20 heavy (non-hydrogen) atoms. The third kappa shape index (κ3) is 4.47. The monoisotopic (exact) mass is 298 g/mol. The maximum atomic E-state index is 12.0. The lowest BCUT2D eigenvalue weighted by molar-refractivity contribution is -0.126. The molecule has 4 nitrogen and oxygen atoms in total. The van der Waals surface area contributed by atoms with E-state index in [0.717, 1.165) is 5.56 Å². The first-order chi connectivity index (χ1) is 9.36. The molecule has 0 aliphatic carbocycles. The Morgan fingerprint density at radius 3 is 2.25 bits per heavy atom. The second kappa shape index (κ2) is 7.62. The molecule has 0 aromatic heterocycles. The Morgan fingerprint density at radius 1 is 1.25 bits per heavy atom. The van der Waals surface area contributed by atoms with Crippen LogP contribution in [0.2, 0.25) is 5.02 Å². The van der Waals surface area contributed by atoms with Crippen LogP contribution in [0.4, 0.5) is 0 Å². The minimum atomic E-state index is -0.236. The summed E-state index contributed by atoms with van der Waals surface area (Å²) in [5.41, 5.74) is 6.71. The fraction of sp³-hybridized carbons (Fsp3) is 0.533. The van der Waals surface area contributed by atoms with Gasteiger partial charge >= 0.3 is 0 Å². The zero-order chi connectivity index (χ0) is 15.3. The summed E-state index contributed by atoms with van der Waals surface area (Å²) in [6.07, 6.45) is -0.225. The highest BCUT2D eigenvalue weighted by atomic mass is 35.5. The second-order valence-corrected chi connectivity index (χ2v) is 5.59. The highest BCUT2D eigenvalue weighted by Crippen LogP contribution is 2.22. The van der Waals surface area contributed by atoms with Crippen molar-refractivity contribution in [1.82, 2.24) is 5.32 Å². The highest BCUT2D eigenvalue weighted by molar-refractivity contribution is 6.30. The fourth-order valence-corrected chi connectivity index (χ4v) is 2.08. The molecule has 0 spiro atoms. The summed E-state index contributed by atoms with van der Waals surface area (Å²) >= 11 is 5.88. The lowest BCUT2D eigenvalue weighted by atomic mass is 10.0. The van der Waals surface area contributed by atoms with E-state index in [4.69, 9.17) is 22.1 Å². The molecule has 1 rings (SSSR count). The number of rotatable bonds is 6. The van der Waals surface area contributed by atoms with E-state index in [-0.39, 0.29) is 30.0 Å². The van der Waals surface area contributed by atoms with E-state index in [1.807, 2.05) is 45.0 Å². The molecule has 0 fully saturated rings. The molecule has 1 aromatic rings. The van der Waals surface area contributed by atoms with Gasteiger partial charge in [-0.05, 0) is 31.5 Å². The molecular formula is C15H23ClN2O2. The van der Waals surface area contributed by atoms with Gasteiger partial charge in [0.05, 0.1) is 6.04 Å². The van der Waals surface area contributed by atoms with Gasteiger partial charge in [-0.1, -0.05) is 30.7 Å². The molecule has 0 saturated heterocycles. The number of carbonyl (C=O) groups excluding carboxylic acids is 1. The molecule has 0 aliphatic rings.